The zero-order valence-corrected chi connectivity index (χ0v) is 13.0. The van der Waals surface area contributed by atoms with Crippen LogP contribution in [0.2, 0.25) is 10.0 Å². The minimum atomic E-state index is 0.141. The van der Waals surface area contributed by atoms with E-state index >= 15 is 0 Å². The molecule has 1 saturated heterocycles. The van der Waals surface area contributed by atoms with Crippen LogP contribution >= 0.6 is 23.2 Å². The first-order valence-electron chi connectivity index (χ1n) is 6.62. The number of likely N-dealkylation sites (N-methyl/N-ethyl adjacent to an activating group) is 1. The van der Waals surface area contributed by atoms with Crippen molar-refractivity contribution < 1.29 is 0 Å². The lowest BCUT2D eigenvalue weighted by Gasteiger charge is -2.41. The van der Waals surface area contributed by atoms with Gasteiger partial charge in [-0.05, 0) is 37.7 Å². The normalized spacial score (nSPS) is 23.5. The van der Waals surface area contributed by atoms with E-state index in [4.69, 9.17) is 28.9 Å². The molecule has 3 nitrogen and oxygen atoms in total. The Labute approximate surface area is 125 Å². The molecule has 0 aromatic heterocycles. The molecule has 1 aliphatic rings. The Balaban J connectivity index is 2.22. The van der Waals surface area contributed by atoms with E-state index in [0.29, 0.717) is 17.6 Å². The molecule has 0 amide bonds. The molecule has 0 radical (unpaired) electrons. The molecule has 5 heteroatoms. The number of rotatable bonds is 3. The van der Waals surface area contributed by atoms with Crippen LogP contribution in [0, 0.1) is 0 Å². The van der Waals surface area contributed by atoms with E-state index in [2.05, 4.69) is 23.8 Å². The summed E-state index contributed by atoms with van der Waals surface area (Å²) >= 11 is 12.4. The van der Waals surface area contributed by atoms with E-state index in [1.807, 2.05) is 18.2 Å². The zero-order valence-electron chi connectivity index (χ0n) is 11.4. The number of hydrogen-bond acceptors (Lipinski definition) is 3. The van der Waals surface area contributed by atoms with Gasteiger partial charge in [-0.1, -0.05) is 23.2 Å². The van der Waals surface area contributed by atoms with E-state index in [1.54, 1.807) is 0 Å². The quantitative estimate of drug-likeness (QED) is 0.931. The number of hydrogen-bond donors (Lipinski definition) is 1. The molecule has 2 atom stereocenters. The van der Waals surface area contributed by atoms with Crippen molar-refractivity contribution >= 4 is 23.2 Å². The van der Waals surface area contributed by atoms with Gasteiger partial charge in [-0.25, -0.2) is 0 Å². The smallest absolute Gasteiger partial charge is 0.0486 e. The third-order valence-corrected chi connectivity index (χ3v) is 4.55. The summed E-state index contributed by atoms with van der Waals surface area (Å²) in [5.41, 5.74) is 7.01. The third kappa shape index (κ3) is 3.41. The molecule has 1 fully saturated rings. The van der Waals surface area contributed by atoms with Crippen LogP contribution < -0.4 is 5.73 Å². The molecule has 0 aliphatic carbocycles. The molecule has 1 aromatic carbocycles. The Morgan fingerprint density at radius 1 is 1.37 bits per heavy atom. The maximum atomic E-state index is 6.30. The van der Waals surface area contributed by atoms with Gasteiger partial charge in [0.1, 0.15) is 0 Å². The van der Waals surface area contributed by atoms with E-state index in [9.17, 15) is 0 Å². The topological polar surface area (TPSA) is 32.5 Å². The summed E-state index contributed by atoms with van der Waals surface area (Å²) in [6.45, 7) is 5.85. The fourth-order valence-corrected chi connectivity index (χ4v) is 3.03. The lowest BCUT2D eigenvalue weighted by atomic mass is 10.0. The summed E-state index contributed by atoms with van der Waals surface area (Å²) in [5.74, 6) is 0. The molecule has 2 unspecified atom stereocenters. The summed E-state index contributed by atoms with van der Waals surface area (Å²) in [6.07, 6.45) is 0. The van der Waals surface area contributed by atoms with Gasteiger partial charge in [0.15, 0.2) is 0 Å². The molecule has 2 rings (SSSR count). The Hall–Kier alpha value is -0.320. The van der Waals surface area contributed by atoms with Crippen molar-refractivity contribution in [3.63, 3.8) is 0 Å². The minimum Gasteiger partial charge on any atom is -0.329 e. The van der Waals surface area contributed by atoms with Crippen LogP contribution in [0.1, 0.15) is 18.5 Å². The van der Waals surface area contributed by atoms with Crippen molar-refractivity contribution in [2.75, 3.05) is 33.2 Å². The van der Waals surface area contributed by atoms with Crippen LogP contribution in [0.3, 0.4) is 0 Å². The van der Waals surface area contributed by atoms with Gasteiger partial charge in [0.2, 0.25) is 0 Å². The maximum Gasteiger partial charge on any atom is 0.0486 e. The molecule has 1 aromatic rings. The largest absolute Gasteiger partial charge is 0.329 e. The van der Waals surface area contributed by atoms with E-state index in [1.165, 1.54) is 0 Å². The van der Waals surface area contributed by atoms with Gasteiger partial charge in [-0.3, -0.25) is 4.90 Å². The van der Waals surface area contributed by atoms with Gasteiger partial charge in [0.05, 0.1) is 0 Å². The van der Waals surface area contributed by atoms with E-state index in [-0.39, 0.29) is 6.04 Å². The molecular formula is C14H21Cl2N3. The molecule has 19 heavy (non-hydrogen) atoms. The van der Waals surface area contributed by atoms with Crippen molar-refractivity contribution in [3.05, 3.63) is 33.8 Å². The second-order valence-electron chi connectivity index (χ2n) is 5.24. The first-order chi connectivity index (χ1) is 9.02. The Morgan fingerprint density at radius 3 is 2.74 bits per heavy atom. The van der Waals surface area contributed by atoms with Crippen LogP contribution in [-0.4, -0.2) is 49.1 Å². The average molecular weight is 302 g/mol. The van der Waals surface area contributed by atoms with Crippen LogP contribution in [0.5, 0.6) is 0 Å². The highest BCUT2D eigenvalue weighted by Gasteiger charge is 2.27. The molecule has 1 aliphatic heterocycles. The second kappa shape index (κ2) is 6.42. The zero-order chi connectivity index (χ0) is 14.0. The van der Waals surface area contributed by atoms with Crippen molar-refractivity contribution in [1.29, 1.82) is 0 Å². The van der Waals surface area contributed by atoms with Crippen LogP contribution in [0.25, 0.3) is 0 Å². The van der Waals surface area contributed by atoms with Gasteiger partial charge in [0.25, 0.3) is 0 Å². The lowest BCUT2D eigenvalue weighted by molar-refractivity contribution is 0.0741. The Morgan fingerprint density at radius 2 is 2.11 bits per heavy atom. The number of nitrogens with zero attached hydrogens (tertiary/aromatic N) is 2. The molecule has 0 bridgehead atoms. The van der Waals surface area contributed by atoms with Crippen LogP contribution in [-0.2, 0) is 0 Å². The fourth-order valence-electron chi connectivity index (χ4n) is 2.60. The van der Waals surface area contributed by atoms with Crippen LogP contribution in [0.15, 0.2) is 18.2 Å². The lowest BCUT2D eigenvalue weighted by Crippen LogP contribution is -2.52. The van der Waals surface area contributed by atoms with Crippen molar-refractivity contribution in [2.24, 2.45) is 5.73 Å². The summed E-state index contributed by atoms with van der Waals surface area (Å²) in [7, 11) is 2.16. The standard InChI is InChI=1S/C14H21Cl2N3/c1-10-9-19(6-5-18(10)2)14(8-17)12-7-11(15)3-4-13(12)16/h3-4,7,10,14H,5-6,8-9,17H2,1-2H3. The molecule has 0 spiro atoms. The number of nitrogens with two attached hydrogens (primary N) is 1. The van der Waals surface area contributed by atoms with Gasteiger partial charge in [-0.15, -0.1) is 0 Å². The predicted molar refractivity (Wildman–Crippen MR) is 81.9 cm³/mol. The minimum absolute atomic E-state index is 0.141. The average Bonchev–Trinajstić information content (AvgIpc) is 2.38. The first-order valence-corrected chi connectivity index (χ1v) is 7.37. The number of piperazine rings is 1. The molecule has 0 saturated carbocycles. The third-order valence-electron chi connectivity index (χ3n) is 3.97. The number of benzene rings is 1. The number of halogens is 2. The second-order valence-corrected chi connectivity index (χ2v) is 6.09. The van der Waals surface area contributed by atoms with Gasteiger partial charge >= 0.3 is 0 Å². The molecule has 2 N–H and O–H groups in total. The van der Waals surface area contributed by atoms with Gasteiger partial charge in [-0.2, -0.15) is 0 Å². The predicted octanol–water partition coefficient (Wildman–Crippen LogP) is 2.63. The molecule has 1 heterocycles. The molecular weight excluding hydrogens is 281 g/mol. The summed E-state index contributed by atoms with van der Waals surface area (Å²) in [4.78, 5) is 4.77. The summed E-state index contributed by atoms with van der Waals surface area (Å²) in [5, 5.41) is 1.45. The highest BCUT2D eigenvalue weighted by Crippen LogP contribution is 2.30. The van der Waals surface area contributed by atoms with Gasteiger partial charge in [0, 0.05) is 48.3 Å². The van der Waals surface area contributed by atoms with E-state index < -0.39 is 0 Å². The molecule has 106 valence electrons. The maximum absolute atomic E-state index is 6.30. The SMILES string of the molecule is CC1CN(C(CN)c2cc(Cl)ccc2Cl)CCN1C. The summed E-state index contributed by atoms with van der Waals surface area (Å²) in [6, 6.07) is 6.27. The highest BCUT2D eigenvalue weighted by molar-refractivity contribution is 6.33. The van der Waals surface area contributed by atoms with Gasteiger partial charge < -0.3 is 10.6 Å². The monoisotopic (exact) mass is 301 g/mol. The van der Waals surface area contributed by atoms with Crippen molar-refractivity contribution in [2.45, 2.75) is 19.0 Å². The van der Waals surface area contributed by atoms with Crippen molar-refractivity contribution in [1.82, 2.24) is 9.80 Å². The van der Waals surface area contributed by atoms with E-state index in [0.717, 1.165) is 30.2 Å². The van der Waals surface area contributed by atoms with Crippen molar-refractivity contribution in [3.8, 4) is 0 Å². The fraction of sp³-hybridized carbons (Fsp3) is 0.571. The summed E-state index contributed by atoms with van der Waals surface area (Å²) < 4.78 is 0. The first kappa shape index (κ1) is 15.1. The Kier molecular flexibility index (Phi) is 5.09. The Bertz CT molecular complexity index is 439. The highest BCUT2D eigenvalue weighted by atomic mass is 35.5. The van der Waals surface area contributed by atoms with Crippen LogP contribution in [0.4, 0.5) is 0 Å².